The van der Waals surface area contributed by atoms with Gasteiger partial charge in [-0.05, 0) is 40.8 Å². The molecule has 0 fully saturated rings. The first-order valence-corrected chi connectivity index (χ1v) is 6.21. The molecule has 0 radical (unpaired) electrons. The largest absolute Gasteiger partial charge is 0.397 e. The van der Waals surface area contributed by atoms with Crippen molar-refractivity contribution in [1.29, 1.82) is 0 Å². The molecule has 88 valence electrons. The molecule has 0 aliphatic rings. The van der Waals surface area contributed by atoms with Crippen molar-refractivity contribution < 1.29 is 4.39 Å². The van der Waals surface area contributed by atoms with E-state index >= 15 is 0 Å². The van der Waals surface area contributed by atoms with E-state index in [1.165, 1.54) is 6.07 Å². The molecule has 0 aromatic heterocycles. The van der Waals surface area contributed by atoms with Crippen LogP contribution in [0.2, 0.25) is 0 Å². The number of rotatable bonds is 2. The van der Waals surface area contributed by atoms with Crippen molar-refractivity contribution in [1.82, 2.24) is 0 Å². The average Bonchev–Trinajstić information content (AvgIpc) is 2.34. The second-order valence-electron chi connectivity index (χ2n) is 3.72. The fourth-order valence-electron chi connectivity index (χ4n) is 1.63. The van der Waals surface area contributed by atoms with Crippen LogP contribution in [0, 0.1) is 9.39 Å². The maximum atomic E-state index is 13.5. The number of hydrogen-bond donors (Lipinski definition) is 1. The Hall–Kier alpha value is -1.30. The van der Waals surface area contributed by atoms with Crippen LogP contribution in [-0.2, 0) is 0 Å². The number of para-hydroxylation sites is 1. The first kappa shape index (κ1) is 12.2. The highest BCUT2D eigenvalue weighted by Crippen LogP contribution is 2.31. The molecule has 0 aliphatic carbocycles. The molecular weight excluding hydrogens is 330 g/mol. The van der Waals surface area contributed by atoms with Gasteiger partial charge >= 0.3 is 0 Å². The zero-order chi connectivity index (χ0) is 12.4. The smallest absolute Gasteiger partial charge is 0.138 e. The van der Waals surface area contributed by atoms with E-state index in [0.717, 1.165) is 5.69 Å². The molecular formula is C13H12FIN2. The second kappa shape index (κ2) is 4.91. The van der Waals surface area contributed by atoms with Gasteiger partial charge in [-0.25, -0.2) is 4.39 Å². The second-order valence-corrected chi connectivity index (χ2v) is 4.88. The molecule has 4 heteroatoms. The summed E-state index contributed by atoms with van der Waals surface area (Å²) in [5, 5.41) is 0. The lowest BCUT2D eigenvalue weighted by Crippen LogP contribution is -2.12. The number of halogens is 2. The summed E-state index contributed by atoms with van der Waals surface area (Å²) in [5.74, 6) is -0.252. The summed E-state index contributed by atoms with van der Waals surface area (Å²) < 4.78 is 14.1. The fourth-order valence-corrected chi connectivity index (χ4v) is 2.12. The SMILES string of the molecule is CN(c1ccccc1)c1cc(F)c(I)cc1N. The van der Waals surface area contributed by atoms with Crippen LogP contribution in [0.25, 0.3) is 0 Å². The van der Waals surface area contributed by atoms with Gasteiger partial charge in [-0.2, -0.15) is 0 Å². The number of nitrogen functional groups attached to an aromatic ring is 1. The molecule has 0 saturated carbocycles. The summed E-state index contributed by atoms with van der Waals surface area (Å²) in [6.07, 6.45) is 0. The minimum Gasteiger partial charge on any atom is -0.397 e. The molecule has 0 aliphatic heterocycles. The first-order chi connectivity index (χ1) is 8.09. The van der Waals surface area contributed by atoms with Crippen LogP contribution in [0.5, 0.6) is 0 Å². The normalized spacial score (nSPS) is 10.3. The lowest BCUT2D eigenvalue weighted by molar-refractivity contribution is 0.620. The van der Waals surface area contributed by atoms with Gasteiger partial charge in [0.05, 0.1) is 14.9 Å². The van der Waals surface area contributed by atoms with Gasteiger partial charge in [0.1, 0.15) is 5.82 Å². The van der Waals surface area contributed by atoms with E-state index in [4.69, 9.17) is 5.73 Å². The summed E-state index contributed by atoms with van der Waals surface area (Å²) >= 11 is 1.93. The van der Waals surface area contributed by atoms with Gasteiger partial charge in [-0.15, -0.1) is 0 Å². The zero-order valence-electron chi connectivity index (χ0n) is 9.32. The highest BCUT2D eigenvalue weighted by molar-refractivity contribution is 14.1. The summed E-state index contributed by atoms with van der Waals surface area (Å²) in [5.41, 5.74) is 8.13. The molecule has 0 atom stereocenters. The van der Waals surface area contributed by atoms with Crippen molar-refractivity contribution in [2.24, 2.45) is 0 Å². The highest BCUT2D eigenvalue weighted by atomic mass is 127. The predicted molar refractivity (Wildman–Crippen MR) is 78.0 cm³/mol. The highest BCUT2D eigenvalue weighted by Gasteiger charge is 2.11. The predicted octanol–water partition coefficient (Wildman–Crippen LogP) is 3.78. The van der Waals surface area contributed by atoms with Gasteiger partial charge in [0.2, 0.25) is 0 Å². The Balaban J connectivity index is 2.44. The minimum absolute atomic E-state index is 0.252. The number of nitrogens with zero attached hydrogens (tertiary/aromatic N) is 1. The summed E-state index contributed by atoms with van der Waals surface area (Å²) in [7, 11) is 1.87. The minimum atomic E-state index is -0.252. The molecule has 2 aromatic rings. The van der Waals surface area contributed by atoms with E-state index in [-0.39, 0.29) is 5.82 Å². The fraction of sp³-hybridized carbons (Fsp3) is 0.0769. The molecule has 0 spiro atoms. The van der Waals surface area contributed by atoms with E-state index in [0.29, 0.717) is 14.9 Å². The Morgan fingerprint density at radius 2 is 1.82 bits per heavy atom. The van der Waals surface area contributed by atoms with Crippen molar-refractivity contribution >= 4 is 39.7 Å². The summed E-state index contributed by atoms with van der Waals surface area (Å²) in [6.45, 7) is 0. The molecule has 0 amide bonds. The van der Waals surface area contributed by atoms with Crippen molar-refractivity contribution in [3.63, 3.8) is 0 Å². The maximum absolute atomic E-state index is 13.5. The molecule has 17 heavy (non-hydrogen) atoms. The third kappa shape index (κ3) is 2.52. The van der Waals surface area contributed by atoms with Gasteiger partial charge in [-0.3, -0.25) is 0 Å². The molecule has 0 unspecified atom stereocenters. The molecule has 2 nitrogen and oxygen atoms in total. The summed E-state index contributed by atoms with van der Waals surface area (Å²) in [4.78, 5) is 1.87. The van der Waals surface area contributed by atoms with Crippen LogP contribution in [0.15, 0.2) is 42.5 Å². The lowest BCUT2D eigenvalue weighted by Gasteiger charge is -2.21. The Labute approximate surface area is 113 Å². The Kier molecular flexibility index (Phi) is 3.51. The Morgan fingerprint density at radius 1 is 1.18 bits per heavy atom. The van der Waals surface area contributed by atoms with Crippen LogP contribution in [-0.4, -0.2) is 7.05 Å². The van der Waals surface area contributed by atoms with Gasteiger partial charge < -0.3 is 10.6 Å². The maximum Gasteiger partial charge on any atom is 0.138 e. The standard InChI is InChI=1S/C13H12FIN2/c1-17(9-5-3-2-4-6-9)13-7-10(14)11(15)8-12(13)16/h2-8H,16H2,1H3. The number of nitrogens with two attached hydrogens (primary N) is 1. The van der Waals surface area contributed by atoms with Gasteiger partial charge in [0.15, 0.2) is 0 Å². The topological polar surface area (TPSA) is 29.3 Å². The number of hydrogen-bond acceptors (Lipinski definition) is 2. The van der Waals surface area contributed by atoms with E-state index in [1.807, 2.05) is 64.9 Å². The van der Waals surface area contributed by atoms with Gasteiger partial charge in [0.25, 0.3) is 0 Å². The monoisotopic (exact) mass is 342 g/mol. The van der Waals surface area contributed by atoms with Crippen molar-refractivity contribution in [2.45, 2.75) is 0 Å². The van der Waals surface area contributed by atoms with E-state index in [9.17, 15) is 4.39 Å². The Morgan fingerprint density at radius 3 is 2.47 bits per heavy atom. The molecule has 2 rings (SSSR count). The van der Waals surface area contributed by atoms with Crippen molar-refractivity contribution in [2.75, 3.05) is 17.7 Å². The van der Waals surface area contributed by atoms with Crippen LogP contribution < -0.4 is 10.6 Å². The molecule has 0 heterocycles. The van der Waals surface area contributed by atoms with Gasteiger partial charge in [-0.1, -0.05) is 18.2 Å². The van der Waals surface area contributed by atoms with E-state index in [2.05, 4.69) is 0 Å². The Bertz CT molecular complexity index is 528. The third-order valence-corrected chi connectivity index (χ3v) is 3.40. The third-order valence-electron chi connectivity index (χ3n) is 2.57. The van der Waals surface area contributed by atoms with E-state index in [1.54, 1.807) is 6.07 Å². The van der Waals surface area contributed by atoms with Crippen LogP contribution in [0.3, 0.4) is 0 Å². The molecule has 2 aromatic carbocycles. The van der Waals surface area contributed by atoms with Crippen LogP contribution in [0.4, 0.5) is 21.5 Å². The van der Waals surface area contributed by atoms with Crippen LogP contribution in [0.1, 0.15) is 0 Å². The number of anilines is 3. The summed E-state index contributed by atoms with van der Waals surface area (Å²) in [6, 6.07) is 12.8. The zero-order valence-corrected chi connectivity index (χ0v) is 11.5. The first-order valence-electron chi connectivity index (χ1n) is 5.13. The number of benzene rings is 2. The van der Waals surface area contributed by atoms with Gasteiger partial charge in [0, 0.05) is 18.8 Å². The molecule has 0 bridgehead atoms. The quantitative estimate of drug-likeness (QED) is 0.665. The van der Waals surface area contributed by atoms with E-state index < -0.39 is 0 Å². The lowest BCUT2D eigenvalue weighted by atomic mass is 10.2. The molecule has 0 saturated heterocycles. The van der Waals surface area contributed by atoms with Crippen molar-refractivity contribution in [3.05, 3.63) is 51.9 Å². The van der Waals surface area contributed by atoms with Crippen molar-refractivity contribution in [3.8, 4) is 0 Å². The molecule has 2 N–H and O–H groups in total. The van der Waals surface area contributed by atoms with Crippen LogP contribution >= 0.6 is 22.6 Å². The average molecular weight is 342 g/mol.